The standard InChI is InChI=1S/C18H21N5O4/c1-20-15-14(16(24)23(18(20)25)9-10-26-2)22-8-7-21(17(22)19-15)12-5-4-6-13(11-12)27-3/h4-6,11H,7-10H2,1-3H3. The van der Waals surface area contributed by atoms with E-state index in [0.717, 1.165) is 11.4 Å². The molecule has 0 aliphatic carbocycles. The van der Waals surface area contributed by atoms with E-state index in [1.54, 1.807) is 14.2 Å². The summed E-state index contributed by atoms with van der Waals surface area (Å²) >= 11 is 0. The molecule has 142 valence electrons. The monoisotopic (exact) mass is 371 g/mol. The highest BCUT2D eigenvalue weighted by molar-refractivity contribution is 5.77. The average Bonchev–Trinajstić information content (AvgIpc) is 3.25. The molecule has 0 atom stereocenters. The van der Waals surface area contributed by atoms with Crippen LogP contribution in [0.4, 0.5) is 11.6 Å². The van der Waals surface area contributed by atoms with Crippen LogP contribution < -0.4 is 20.9 Å². The molecule has 0 fully saturated rings. The molecule has 4 rings (SSSR count). The van der Waals surface area contributed by atoms with Gasteiger partial charge >= 0.3 is 5.69 Å². The second kappa shape index (κ2) is 6.58. The zero-order chi connectivity index (χ0) is 19.1. The first-order valence-electron chi connectivity index (χ1n) is 8.67. The van der Waals surface area contributed by atoms with Gasteiger partial charge in [-0.25, -0.2) is 4.79 Å². The van der Waals surface area contributed by atoms with E-state index >= 15 is 0 Å². The fraction of sp³-hybridized carbons (Fsp3) is 0.389. The van der Waals surface area contributed by atoms with Crippen LogP contribution >= 0.6 is 0 Å². The molecule has 0 unspecified atom stereocenters. The van der Waals surface area contributed by atoms with Crippen LogP contribution in [-0.2, 0) is 24.9 Å². The molecule has 9 heteroatoms. The number of hydrogen-bond acceptors (Lipinski definition) is 6. The average molecular weight is 371 g/mol. The van der Waals surface area contributed by atoms with Crippen molar-refractivity contribution >= 4 is 22.8 Å². The van der Waals surface area contributed by atoms with Gasteiger partial charge in [-0.3, -0.25) is 13.9 Å². The number of nitrogens with zero attached hydrogens (tertiary/aromatic N) is 5. The van der Waals surface area contributed by atoms with E-state index in [9.17, 15) is 9.59 Å². The van der Waals surface area contributed by atoms with Gasteiger partial charge in [0.2, 0.25) is 5.95 Å². The van der Waals surface area contributed by atoms with Gasteiger partial charge in [0.05, 0.1) is 20.3 Å². The molecule has 0 saturated carbocycles. The Morgan fingerprint density at radius 3 is 2.74 bits per heavy atom. The number of benzene rings is 1. The summed E-state index contributed by atoms with van der Waals surface area (Å²) in [6.07, 6.45) is 0. The van der Waals surface area contributed by atoms with Crippen LogP contribution in [-0.4, -0.2) is 46.1 Å². The number of rotatable bonds is 5. The second-order valence-corrected chi connectivity index (χ2v) is 6.38. The second-order valence-electron chi connectivity index (χ2n) is 6.38. The molecule has 0 N–H and O–H groups in total. The quantitative estimate of drug-likeness (QED) is 0.657. The molecule has 3 heterocycles. The van der Waals surface area contributed by atoms with Crippen LogP contribution in [0.25, 0.3) is 11.2 Å². The lowest BCUT2D eigenvalue weighted by Crippen LogP contribution is -2.40. The SMILES string of the molecule is COCCn1c(=O)c2c(nc3n2CCN3c2cccc(OC)c2)n(C)c1=O. The fourth-order valence-electron chi connectivity index (χ4n) is 3.48. The molecule has 0 bridgehead atoms. The summed E-state index contributed by atoms with van der Waals surface area (Å²) in [5, 5.41) is 0. The summed E-state index contributed by atoms with van der Waals surface area (Å²) in [6, 6.07) is 7.67. The molecule has 0 radical (unpaired) electrons. The van der Waals surface area contributed by atoms with Crippen LogP contribution in [0.5, 0.6) is 5.75 Å². The molecule has 0 spiro atoms. The minimum atomic E-state index is -0.394. The van der Waals surface area contributed by atoms with Gasteiger partial charge in [0.25, 0.3) is 5.56 Å². The predicted octanol–water partition coefficient (Wildman–Crippen LogP) is 0.703. The van der Waals surface area contributed by atoms with Gasteiger partial charge < -0.3 is 18.9 Å². The number of aryl methyl sites for hydroxylation is 1. The Kier molecular flexibility index (Phi) is 4.23. The van der Waals surface area contributed by atoms with E-state index in [1.807, 2.05) is 33.7 Å². The molecule has 0 saturated heterocycles. The summed E-state index contributed by atoms with van der Waals surface area (Å²) in [7, 11) is 4.79. The van der Waals surface area contributed by atoms with Crippen molar-refractivity contribution in [1.29, 1.82) is 0 Å². The van der Waals surface area contributed by atoms with Crippen molar-refractivity contribution in [3.63, 3.8) is 0 Å². The largest absolute Gasteiger partial charge is 0.497 e. The Morgan fingerprint density at radius 2 is 2.00 bits per heavy atom. The minimum Gasteiger partial charge on any atom is -0.497 e. The predicted molar refractivity (Wildman–Crippen MR) is 101 cm³/mol. The summed E-state index contributed by atoms with van der Waals surface area (Å²) in [4.78, 5) is 32.2. The maximum absolute atomic E-state index is 13.0. The molecule has 2 aromatic heterocycles. The highest BCUT2D eigenvalue weighted by atomic mass is 16.5. The number of ether oxygens (including phenoxy) is 2. The zero-order valence-electron chi connectivity index (χ0n) is 15.5. The lowest BCUT2D eigenvalue weighted by molar-refractivity contribution is 0.184. The van der Waals surface area contributed by atoms with E-state index in [1.165, 1.54) is 16.2 Å². The highest BCUT2D eigenvalue weighted by Crippen LogP contribution is 2.33. The Hall–Kier alpha value is -3.07. The summed E-state index contributed by atoms with van der Waals surface area (Å²) in [6.45, 7) is 1.79. The zero-order valence-corrected chi connectivity index (χ0v) is 15.5. The van der Waals surface area contributed by atoms with E-state index in [2.05, 4.69) is 4.98 Å². The van der Waals surface area contributed by atoms with Crippen LogP contribution in [0, 0.1) is 0 Å². The van der Waals surface area contributed by atoms with Crippen molar-refractivity contribution < 1.29 is 9.47 Å². The van der Waals surface area contributed by atoms with Gasteiger partial charge in [-0.1, -0.05) is 6.07 Å². The Labute approximate surface area is 155 Å². The first-order chi connectivity index (χ1) is 13.1. The third-order valence-corrected chi connectivity index (χ3v) is 4.88. The van der Waals surface area contributed by atoms with E-state index in [4.69, 9.17) is 9.47 Å². The van der Waals surface area contributed by atoms with Crippen molar-refractivity contribution in [2.45, 2.75) is 13.1 Å². The van der Waals surface area contributed by atoms with Crippen molar-refractivity contribution in [2.24, 2.45) is 7.05 Å². The maximum atomic E-state index is 13.0. The molecule has 1 aliphatic rings. The molecule has 0 amide bonds. The molecular weight excluding hydrogens is 350 g/mol. The molecule has 9 nitrogen and oxygen atoms in total. The third-order valence-electron chi connectivity index (χ3n) is 4.88. The first kappa shape index (κ1) is 17.3. The number of hydrogen-bond donors (Lipinski definition) is 0. The number of fused-ring (bicyclic) bond motifs is 3. The van der Waals surface area contributed by atoms with Crippen molar-refractivity contribution in [2.75, 3.05) is 32.3 Å². The van der Waals surface area contributed by atoms with Crippen molar-refractivity contribution in [3.8, 4) is 5.75 Å². The summed E-state index contributed by atoms with van der Waals surface area (Å²) < 4.78 is 14.8. The lowest BCUT2D eigenvalue weighted by Gasteiger charge is -2.16. The van der Waals surface area contributed by atoms with Gasteiger partial charge in [-0.15, -0.1) is 0 Å². The summed E-state index contributed by atoms with van der Waals surface area (Å²) in [5.74, 6) is 1.39. The third kappa shape index (κ3) is 2.62. The molecule has 1 aliphatic heterocycles. The number of methoxy groups -OCH3 is 2. The van der Waals surface area contributed by atoms with Gasteiger partial charge in [0.1, 0.15) is 5.75 Å². The Bertz CT molecular complexity index is 1130. The van der Waals surface area contributed by atoms with Crippen LogP contribution in [0.1, 0.15) is 0 Å². The molecule has 1 aromatic carbocycles. The minimum absolute atomic E-state index is 0.206. The van der Waals surface area contributed by atoms with Gasteiger partial charge in [0.15, 0.2) is 11.2 Å². The highest BCUT2D eigenvalue weighted by Gasteiger charge is 2.28. The Morgan fingerprint density at radius 1 is 1.19 bits per heavy atom. The number of aromatic nitrogens is 4. The number of anilines is 2. The maximum Gasteiger partial charge on any atom is 0.332 e. The van der Waals surface area contributed by atoms with Gasteiger partial charge in [-0.2, -0.15) is 4.98 Å². The van der Waals surface area contributed by atoms with E-state index in [-0.39, 0.29) is 18.7 Å². The topological polar surface area (TPSA) is 83.5 Å². The fourth-order valence-corrected chi connectivity index (χ4v) is 3.48. The normalized spacial score (nSPS) is 13.4. The lowest BCUT2D eigenvalue weighted by atomic mass is 10.3. The van der Waals surface area contributed by atoms with E-state index < -0.39 is 5.69 Å². The summed E-state index contributed by atoms with van der Waals surface area (Å²) in [5.41, 5.74) is 1.02. The molecule has 3 aromatic rings. The van der Waals surface area contributed by atoms with Crippen molar-refractivity contribution in [1.82, 2.24) is 18.7 Å². The van der Waals surface area contributed by atoms with E-state index in [0.29, 0.717) is 30.2 Å². The van der Waals surface area contributed by atoms with Gasteiger partial charge in [0, 0.05) is 39.0 Å². The first-order valence-corrected chi connectivity index (χ1v) is 8.67. The molecular formula is C18H21N5O4. The number of imidazole rings is 1. The van der Waals surface area contributed by atoms with Crippen LogP contribution in [0.15, 0.2) is 33.9 Å². The van der Waals surface area contributed by atoms with Crippen LogP contribution in [0.2, 0.25) is 0 Å². The Balaban J connectivity index is 1.90. The smallest absolute Gasteiger partial charge is 0.332 e. The van der Waals surface area contributed by atoms with Crippen LogP contribution in [0.3, 0.4) is 0 Å². The van der Waals surface area contributed by atoms with Gasteiger partial charge in [-0.05, 0) is 12.1 Å². The molecule has 27 heavy (non-hydrogen) atoms. The van der Waals surface area contributed by atoms with Crippen molar-refractivity contribution in [3.05, 3.63) is 45.1 Å².